The van der Waals surface area contributed by atoms with Crippen molar-refractivity contribution in [2.75, 3.05) is 49.3 Å². The van der Waals surface area contributed by atoms with Crippen molar-refractivity contribution in [3.63, 3.8) is 0 Å². The number of hydrogen-bond acceptors (Lipinski definition) is 6. The largest absolute Gasteiger partial charge is 0.497 e. The first-order valence-corrected chi connectivity index (χ1v) is 10.7. The molecule has 1 saturated heterocycles. The van der Waals surface area contributed by atoms with E-state index in [9.17, 15) is 4.79 Å². The molecule has 0 spiro atoms. The minimum atomic E-state index is 0.504. The van der Waals surface area contributed by atoms with E-state index in [1.54, 1.807) is 18.2 Å². The topological polar surface area (TPSA) is 78.5 Å². The lowest BCUT2D eigenvalue weighted by Gasteiger charge is -2.29. The van der Waals surface area contributed by atoms with Crippen molar-refractivity contribution in [2.24, 2.45) is 5.92 Å². The van der Waals surface area contributed by atoms with Gasteiger partial charge in [-0.2, -0.15) is 0 Å². The third-order valence-electron chi connectivity index (χ3n) is 5.20. The van der Waals surface area contributed by atoms with Gasteiger partial charge in [-0.15, -0.1) is 0 Å². The summed E-state index contributed by atoms with van der Waals surface area (Å²) in [6.45, 7) is 8.75. The zero-order valence-corrected chi connectivity index (χ0v) is 18.8. The van der Waals surface area contributed by atoms with E-state index in [-0.39, 0.29) is 0 Å². The quantitative estimate of drug-likeness (QED) is 0.564. The average molecular weight is 414 g/mol. The van der Waals surface area contributed by atoms with Gasteiger partial charge in [0.25, 0.3) is 0 Å². The highest BCUT2D eigenvalue weighted by atomic mass is 16.5. The number of pyridine rings is 1. The first-order chi connectivity index (χ1) is 14.6. The summed E-state index contributed by atoms with van der Waals surface area (Å²) < 4.78 is 5.27. The maximum Gasteiger partial charge on any atom is 0.214 e. The molecule has 30 heavy (non-hydrogen) atoms. The van der Waals surface area contributed by atoms with Gasteiger partial charge in [-0.05, 0) is 62.5 Å². The number of nitrogens with zero attached hydrogens (tertiary/aromatic N) is 2. The van der Waals surface area contributed by atoms with Gasteiger partial charge in [0, 0.05) is 25.3 Å². The second-order valence-electron chi connectivity index (χ2n) is 7.09. The van der Waals surface area contributed by atoms with Crippen LogP contribution in [0.25, 0.3) is 0 Å². The molecule has 0 atom stereocenters. The summed E-state index contributed by atoms with van der Waals surface area (Å²) >= 11 is 0. The molecular weight excluding hydrogens is 378 g/mol. The maximum absolute atomic E-state index is 11.9. The maximum atomic E-state index is 11.9. The van der Waals surface area contributed by atoms with Crippen LogP contribution in [0.1, 0.15) is 32.3 Å². The molecule has 1 fully saturated rings. The Kier molecular flexibility index (Phi) is 9.41. The fourth-order valence-electron chi connectivity index (χ4n) is 3.53. The molecule has 3 N–H and O–H groups in total. The molecule has 3 rings (SSSR count). The van der Waals surface area contributed by atoms with Gasteiger partial charge in [-0.25, -0.2) is 4.98 Å². The van der Waals surface area contributed by atoms with E-state index in [1.807, 2.05) is 52.1 Å². The van der Waals surface area contributed by atoms with Gasteiger partial charge in [-0.3, -0.25) is 4.79 Å². The van der Waals surface area contributed by atoms with Gasteiger partial charge < -0.3 is 25.6 Å². The Morgan fingerprint density at radius 2 is 1.97 bits per heavy atom. The molecule has 1 aliphatic rings. The fraction of sp³-hybridized carbons (Fsp3) is 0.478. The number of nitrogens with one attached hydrogen (secondary N) is 3. The van der Waals surface area contributed by atoms with Crippen LogP contribution < -0.4 is 25.6 Å². The highest BCUT2D eigenvalue weighted by Gasteiger charge is 2.19. The van der Waals surface area contributed by atoms with E-state index in [0.717, 1.165) is 60.7 Å². The number of hydrogen-bond donors (Lipinski definition) is 3. The van der Waals surface area contributed by atoms with Crippen LogP contribution in [0.5, 0.6) is 5.75 Å². The first kappa shape index (κ1) is 23.5. The van der Waals surface area contributed by atoms with Crippen LogP contribution >= 0.6 is 0 Å². The predicted molar refractivity (Wildman–Crippen MR) is 125 cm³/mol. The third kappa shape index (κ3) is 6.10. The molecule has 7 nitrogen and oxygen atoms in total. The number of ether oxygens (including phenoxy) is 1. The van der Waals surface area contributed by atoms with Crippen molar-refractivity contribution < 1.29 is 9.53 Å². The van der Waals surface area contributed by atoms with Gasteiger partial charge >= 0.3 is 0 Å². The van der Waals surface area contributed by atoms with Crippen LogP contribution in [0, 0.1) is 12.8 Å². The smallest absolute Gasteiger partial charge is 0.214 e. The second-order valence-corrected chi connectivity index (χ2v) is 7.09. The zero-order valence-electron chi connectivity index (χ0n) is 18.8. The molecular formula is C23H35N5O2. The van der Waals surface area contributed by atoms with E-state index in [0.29, 0.717) is 18.3 Å². The van der Waals surface area contributed by atoms with Gasteiger partial charge in [0.05, 0.1) is 24.7 Å². The number of amides is 1. The predicted octanol–water partition coefficient (Wildman–Crippen LogP) is 4.17. The van der Waals surface area contributed by atoms with Gasteiger partial charge in [0.2, 0.25) is 6.41 Å². The molecule has 1 aliphatic heterocycles. The number of carbonyl (C=O) groups is 1. The van der Waals surface area contributed by atoms with Crippen molar-refractivity contribution in [1.82, 2.24) is 10.3 Å². The van der Waals surface area contributed by atoms with Gasteiger partial charge in [0.15, 0.2) is 0 Å². The molecule has 2 heterocycles. The van der Waals surface area contributed by atoms with Crippen molar-refractivity contribution >= 4 is 29.3 Å². The summed E-state index contributed by atoms with van der Waals surface area (Å²) in [6.07, 6.45) is 4.84. The molecule has 7 heteroatoms. The van der Waals surface area contributed by atoms with E-state index >= 15 is 0 Å². The molecule has 2 aromatic rings. The second kappa shape index (κ2) is 12.0. The van der Waals surface area contributed by atoms with E-state index in [1.165, 1.54) is 0 Å². The van der Waals surface area contributed by atoms with Gasteiger partial charge in [0.1, 0.15) is 11.6 Å². The van der Waals surface area contributed by atoms with E-state index in [2.05, 4.69) is 20.9 Å². The first-order valence-electron chi connectivity index (χ1n) is 10.7. The Hall–Kier alpha value is -2.80. The fourth-order valence-corrected chi connectivity index (χ4v) is 3.53. The molecule has 0 unspecified atom stereocenters. The molecule has 0 bridgehead atoms. The molecule has 0 radical (unpaired) electrons. The Balaban J connectivity index is 0.00000155. The van der Waals surface area contributed by atoms with E-state index in [4.69, 9.17) is 4.74 Å². The van der Waals surface area contributed by atoms with Crippen molar-refractivity contribution in [3.8, 4) is 5.75 Å². The number of piperidine rings is 1. The minimum Gasteiger partial charge on any atom is -0.497 e. The lowest BCUT2D eigenvalue weighted by atomic mass is 9.97. The zero-order chi connectivity index (χ0) is 21.9. The standard InChI is InChI=1S/C21H29N5O2.C2H6/c1-15-10-17(28-3)4-5-18(15)25-21-11-20(19(22-2)12-24-21)26(14-27)13-16-6-8-23-9-7-16;1-2/h4-5,10-12,14,16,22-23H,6-9,13H2,1-3H3,(H,24,25);1-2H3. The van der Waals surface area contributed by atoms with Crippen LogP contribution in [0.3, 0.4) is 0 Å². The van der Waals surface area contributed by atoms with Crippen LogP contribution in [0.4, 0.5) is 22.9 Å². The Morgan fingerprint density at radius 1 is 1.23 bits per heavy atom. The molecule has 1 amide bonds. The number of aryl methyl sites for hydroxylation is 1. The SMILES string of the molecule is CC.CNc1cnc(Nc2ccc(OC)cc2C)cc1N(C=O)CC1CCNCC1. The molecule has 0 aliphatic carbocycles. The highest BCUT2D eigenvalue weighted by Crippen LogP contribution is 2.31. The van der Waals surface area contributed by atoms with Gasteiger partial charge in [-0.1, -0.05) is 13.8 Å². The number of rotatable bonds is 8. The Morgan fingerprint density at radius 3 is 2.57 bits per heavy atom. The number of carbonyl (C=O) groups excluding carboxylic acids is 1. The number of methoxy groups -OCH3 is 1. The third-order valence-corrected chi connectivity index (χ3v) is 5.20. The average Bonchev–Trinajstić information content (AvgIpc) is 2.80. The summed E-state index contributed by atoms with van der Waals surface area (Å²) in [4.78, 5) is 18.2. The summed E-state index contributed by atoms with van der Waals surface area (Å²) in [5.74, 6) is 2.01. The normalized spacial score (nSPS) is 13.6. The summed E-state index contributed by atoms with van der Waals surface area (Å²) in [5.41, 5.74) is 3.67. The Labute approximate surface area is 180 Å². The molecule has 0 saturated carbocycles. The molecule has 164 valence electrons. The van der Waals surface area contributed by atoms with Crippen LogP contribution in [0.2, 0.25) is 0 Å². The molecule has 1 aromatic heterocycles. The van der Waals surface area contributed by atoms with Crippen LogP contribution in [-0.2, 0) is 4.79 Å². The summed E-state index contributed by atoms with van der Waals surface area (Å²) in [7, 11) is 3.50. The van der Waals surface area contributed by atoms with E-state index < -0.39 is 0 Å². The highest BCUT2D eigenvalue weighted by molar-refractivity contribution is 5.85. The number of anilines is 4. The summed E-state index contributed by atoms with van der Waals surface area (Å²) in [6, 6.07) is 7.77. The monoisotopic (exact) mass is 413 g/mol. The lowest BCUT2D eigenvalue weighted by Crippen LogP contribution is -2.36. The molecule has 1 aromatic carbocycles. The van der Waals surface area contributed by atoms with Crippen molar-refractivity contribution in [3.05, 3.63) is 36.0 Å². The van der Waals surface area contributed by atoms with Crippen LogP contribution in [0.15, 0.2) is 30.5 Å². The number of benzene rings is 1. The lowest BCUT2D eigenvalue weighted by molar-refractivity contribution is -0.107. The van der Waals surface area contributed by atoms with Crippen LogP contribution in [-0.4, -0.2) is 45.2 Å². The summed E-state index contributed by atoms with van der Waals surface area (Å²) in [5, 5.41) is 9.87. The Bertz CT molecular complexity index is 806. The van der Waals surface area contributed by atoms with Crippen molar-refractivity contribution in [2.45, 2.75) is 33.6 Å². The number of aromatic nitrogens is 1. The minimum absolute atomic E-state index is 0.504. The van der Waals surface area contributed by atoms with Crippen molar-refractivity contribution in [1.29, 1.82) is 0 Å².